The predicted molar refractivity (Wildman–Crippen MR) is 77.7 cm³/mol. The summed E-state index contributed by atoms with van der Waals surface area (Å²) in [6.07, 6.45) is 5.31. The molecular formula is C16H26N2. The smallest absolute Gasteiger partial charge is 0.0294 e. The Morgan fingerprint density at radius 3 is 2.67 bits per heavy atom. The van der Waals surface area contributed by atoms with Crippen LogP contribution in [0.3, 0.4) is 0 Å². The summed E-state index contributed by atoms with van der Waals surface area (Å²) in [5.41, 5.74) is 1.38. The molecule has 0 aromatic heterocycles. The van der Waals surface area contributed by atoms with E-state index in [9.17, 15) is 0 Å². The van der Waals surface area contributed by atoms with Gasteiger partial charge in [-0.1, -0.05) is 36.8 Å². The lowest BCUT2D eigenvalue weighted by molar-refractivity contribution is 0.334. The first kappa shape index (κ1) is 13.6. The molecule has 0 saturated carbocycles. The highest BCUT2D eigenvalue weighted by Crippen LogP contribution is 2.16. The number of hydrogen-bond acceptors (Lipinski definition) is 2. The van der Waals surface area contributed by atoms with Gasteiger partial charge in [-0.25, -0.2) is 0 Å². The van der Waals surface area contributed by atoms with E-state index >= 15 is 0 Å². The topological polar surface area (TPSA) is 24.1 Å². The minimum atomic E-state index is 0.435. The molecule has 0 bridgehead atoms. The van der Waals surface area contributed by atoms with E-state index in [0.717, 1.165) is 0 Å². The molecule has 2 heteroatoms. The third kappa shape index (κ3) is 4.11. The quantitative estimate of drug-likeness (QED) is 0.833. The van der Waals surface area contributed by atoms with Crippen molar-refractivity contribution in [3.63, 3.8) is 0 Å². The zero-order valence-corrected chi connectivity index (χ0v) is 11.7. The maximum absolute atomic E-state index is 3.70. The van der Waals surface area contributed by atoms with Crippen molar-refractivity contribution in [2.45, 2.75) is 57.7 Å². The molecule has 100 valence electrons. The largest absolute Gasteiger partial charge is 0.314 e. The molecule has 18 heavy (non-hydrogen) atoms. The van der Waals surface area contributed by atoms with E-state index in [4.69, 9.17) is 0 Å². The number of piperidine rings is 1. The lowest BCUT2D eigenvalue weighted by Crippen LogP contribution is -2.40. The molecule has 3 atom stereocenters. The van der Waals surface area contributed by atoms with Crippen LogP contribution in [0.5, 0.6) is 0 Å². The molecule has 1 aliphatic rings. The summed E-state index contributed by atoms with van der Waals surface area (Å²) in [7, 11) is 0. The Balaban J connectivity index is 1.78. The fourth-order valence-electron chi connectivity index (χ4n) is 2.88. The van der Waals surface area contributed by atoms with Crippen LogP contribution in [0.15, 0.2) is 30.3 Å². The summed E-state index contributed by atoms with van der Waals surface area (Å²) in [5, 5.41) is 7.33. The normalized spacial score (nSPS) is 23.6. The van der Waals surface area contributed by atoms with Crippen LogP contribution in [0, 0.1) is 0 Å². The summed E-state index contributed by atoms with van der Waals surface area (Å²) in [6, 6.07) is 12.4. The van der Waals surface area contributed by atoms with Crippen LogP contribution in [-0.2, 0) is 0 Å². The van der Waals surface area contributed by atoms with Gasteiger partial charge in [-0.05, 0) is 45.2 Å². The minimum absolute atomic E-state index is 0.435. The van der Waals surface area contributed by atoms with Gasteiger partial charge in [0.2, 0.25) is 0 Å². The molecule has 1 aliphatic heterocycles. The van der Waals surface area contributed by atoms with Crippen molar-refractivity contribution in [1.29, 1.82) is 0 Å². The van der Waals surface area contributed by atoms with E-state index in [1.54, 1.807) is 0 Å². The first-order valence-corrected chi connectivity index (χ1v) is 7.30. The fraction of sp³-hybridized carbons (Fsp3) is 0.625. The summed E-state index contributed by atoms with van der Waals surface area (Å²) < 4.78 is 0. The van der Waals surface area contributed by atoms with Crippen LogP contribution in [0.1, 0.15) is 51.1 Å². The number of rotatable bonds is 5. The van der Waals surface area contributed by atoms with Gasteiger partial charge in [0.05, 0.1) is 0 Å². The van der Waals surface area contributed by atoms with Crippen molar-refractivity contribution < 1.29 is 0 Å². The van der Waals surface area contributed by atoms with Gasteiger partial charge in [-0.2, -0.15) is 0 Å². The van der Waals surface area contributed by atoms with Crippen LogP contribution in [-0.4, -0.2) is 18.6 Å². The fourth-order valence-corrected chi connectivity index (χ4v) is 2.88. The van der Waals surface area contributed by atoms with E-state index in [0.29, 0.717) is 18.1 Å². The molecule has 2 unspecified atom stereocenters. The molecule has 0 aliphatic carbocycles. The Labute approximate surface area is 111 Å². The molecule has 1 heterocycles. The molecule has 0 amide bonds. The molecule has 1 fully saturated rings. The highest BCUT2D eigenvalue weighted by molar-refractivity contribution is 5.18. The van der Waals surface area contributed by atoms with Crippen molar-refractivity contribution in [3.05, 3.63) is 35.9 Å². The minimum Gasteiger partial charge on any atom is -0.314 e. The highest BCUT2D eigenvalue weighted by atomic mass is 15.0. The lowest BCUT2D eigenvalue weighted by Gasteiger charge is -2.28. The molecule has 2 N–H and O–H groups in total. The second-order valence-electron chi connectivity index (χ2n) is 5.58. The molecule has 0 radical (unpaired) electrons. The van der Waals surface area contributed by atoms with Gasteiger partial charge in [0.1, 0.15) is 0 Å². The molecule has 1 aromatic rings. The van der Waals surface area contributed by atoms with E-state index in [1.807, 2.05) is 0 Å². The second kappa shape index (κ2) is 6.91. The van der Waals surface area contributed by atoms with Gasteiger partial charge < -0.3 is 10.6 Å². The van der Waals surface area contributed by atoms with Gasteiger partial charge in [0.15, 0.2) is 0 Å². The molecule has 0 spiro atoms. The first-order chi connectivity index (χ1) is 8.75. The van der Waals surface area contributed by atoms with Gasteiger partial charge in [-0.3, -0.25) is 0 Å². The Kier molecular flexibility index (Phi) is 5.21. The first-order valence-electron chi connectivity index (χ1n) is 7.30. The Hall–Kier alpha value is -0.860. The number of nitrogens with one attached hydrogen (secondary N) is 2. The Morgan fingerprint density at radius 1 is 1.22 bits per heavy atom. The summed E-state index contributed by atoms with van der Waals surface area (Å²) >= 11 is 0. The highest BCUT2D eigenvalue weighted by Gasteiger charge is 2.17. The molecule has 1 aromatic carbocycles. The zero-order valence-electron chi connectivity index (χ0n) is 11.7. The predicted octanol–water partition coefficient (Wildman–Crippen LogP) is 3.26. The Morgan fingerprint density at radius 2 is 2.00 bits per heavy atom. The van der Waals surface area contributed by atoms with Crippen molar-refractivity contribution in [2.24, 2.45) is 0 Å². The van der Waals surface area contributed by atoms with E-state index in [1.165, 1.54) is 37.8 Å². The van der Waals surface area contributed by atoms with Gasteiger partial charge in [-0.15, -0.1) is 0 Å². The van der Waals surface area contributed by atoms with Crippen molar-refractivity contribution >= 4 is 0 Å². The molecule has 1 saturated heterocycles. The maximum atomic E-state index is 3.70. The number of benzene rings is 1. The van der Waals surface area contributed by atoms with Crippen molar-refractivity contribution in [1.82, 2.24) is 10.6 Å². The molecular weight excluding hydrogens is 220 g/mol. The second-order valence-corrected chi connectivity index (χ2v) is 5.58. The molecule has 2 nitrogen and oxygen atoms in total. The average molecular weight is 246 g/mol. The SMILES string of the molecule is CC(CC1CCCCN1)N[C@H](C)c1ccccc1. The summed E-state index contributed by atoms with van der Waals surface area (Å²) in [4.78, 5) is 0. The van der Waals surface area contributed by atoms with Crippen LogP contribution in [0.4, 0.5) is 0 Å². The molecule has 2 rings (SSSR count). The summed E-state index contributed by atoms with van der Waals surface area (Å²) in [6.45, 7) is 5.75. The van der Waals surface area contributed by atoms with Crippen LogP contribution in [0.25, 0.3) is 0 Å². The van der Waals surface area contributed by atoms with Crippen LogP contribution in [0.2, 0.25) is 0 Å². The van der Waals surface area contributed by atoms with Crippen molar-refractivity contribution in [3.8, 4) is 0 Å². The van der Waals surface area contributed by atoms with Gasteiger partial charge in [0, 0.05) is 18.1 Å². The standard InChI is InChI=1S/C16H26N2/c1-13(12-16-10-6-7-11-17-16)18-14(2)15-8-4-3-5-9-15/h3-5,8-9,13-14,16-18H,6-7,10-12H2,1-2H3/t13?,14-,16?/m1/s1. The zero-order chi connectivity index (χ0) is 12.8. The summed E-state index contributed by atoms with van der Waals surface area (Å²) in [5.74, 6) is 0. The van der Waals surface area contributed by atoms with E-state index in [-0.39, 0.29) is 0 Å². The monoisotopic (exact) mass is 246 g/mol. The van der Waals surface area contributed by atoms with Gasteiger partial charge in [0.25, 0.3) is 0 Å². The third-order valence-corrected chi connectivity index (χ3v) is 3.88. The Bertz CT molecular complexity index is 330. The van der Waals surface area contributed by atoms with E-state index < -0.39 is 0 Å². The lowest BCUT2D eigenvalue weighted by atomic mass is 9.98. The third-order valence-electron chi connectivity index (χ3n) is 3.88. The van der Waals surface area contributed by atoms with Crippen molar-refractivity contribution in [2.75, 3.05) is 6.54 Å². The van der Waals surface area contributed by atoms with Crippen LogP contribution < -0.4 is 10.6 Å². The van der Waals surface area contributed by atoms with E-state index in [2.05, 4.69) is 54.8 Å². The van der Waals surface area contributed by atoms with Gasteiger partial charge >= 0.3 is 0 Å². The van der Waals surface area contributed by atoms with Crippen LogP contribution >= 0.6 is 0 Å². The average Bonchev–Trinajstić information content (AvgIpc) is 2.40. The maximum Gasteiger partial charge on any atom is 0.0294 e. The number of hydrogen-bond donors (Lipinski definition) is 2.